The minimum atomic E-state index is 0.148. The molecule has 0 radical (unpaired) electrons. The van der Waals surface area contributed by atoms with Gasteiger partial charge in [0.15, 0.2) is 0 Å². The van der Waals surface area contributed by atoms with Crippen LogP contribution in [0.15, 0.2) is 36.4 Å². The molecule has 0 aliphatic carbocycles. The molecule has 0 unspecified atom stereocenters. The predicted octanol–water partition coefficient (Wildman–Crippen LogP) is 3.67. The summed E-state index contributed by atoms with van der Waals surface area (Å²) in [5, 5.41) is 15.3. The lowest BCUT2D eigenvalue weighted by atomic mass is 10.0. The van der Waals surface area contributed by atoms with E-state index in [4.69, 9.17) is 14.7 Å². The molecule has 0 bridgehead atoms. The second-order valence-corrected chi connectivity index (χ2v) is 11.0. The van der Waals surface area contributed by atoms with Crippen molar-refractivity contribution in [2.24, 2.45) is 0 Å². The molecule has 2 fully saturated rings. The van der Waals surface area contributed by atoms with E-state index in [1.165, 1.54) is 34.0 Å². The van der Waals surface area contributed by atoms with Crippen molar-refractivity contribution in [3.63, 3.8) is 0 Å². The second kappa shape index (κ2) is 10.8. The third kappa shape index (κ3) is 5.01. The predicted molar refractivity (Wildman–Crippen MR) is 151 cm³/mol. The van der Waals surface area contributed by atoms with Crippen LogP contribution in [0.25, 0.3) is 10.8 Å². The fourth-order valence-corrected chi connectivity index (χ4v) is 6.19. The molecule has 3 aliphatic heterocycles. The van der Waals surface area contributed by atoms with Gasteiger partial charge in [0.1, 0.15) is 12.4 Å². The first-order valence-corrected chi connectivity index (χ1v) is 13.9. The molecule has 0 spiro atoms. The molecule has 3 aliphatic rings. The zero-order valence-corrected chi connectivity index (χ0v) is 22.5. The number of piperazine rings is 1. The smallest absolute Gasteiger partial charge is 0.318 e. The van der Waals surface area contributed by atoms with Crippen LogP contribution in [0.5, 0.6) is 6.01 Å². The number of hydrogen-bond donors (Lipinski definition) is 1. The van der Waals surface area contributed by atoms with Gasteiger partial charge < -0.3 is 24.8 Å². The molecule has 8 heteroatoms. The lowest BCUT2D eigenvalue weighted by molar-refractivity contribution is 0.187. The van der Waals surface area contributed by atoms with Crippen LogP contribution in [0.4, 0.5) is 11.5 Å². The van der Waals surface area contributed by atoms with E-state index in [0.717, 1.165) is 63.6 Å². The SMILES string of the molecule is Cc1ccc2cccc(N3CCc4c(nc(OC[C@@H]5CCCN5C)nc4N4CCN[C@@H](CC#N)C4)C3)c2c1. The van der Waals surface area contributed by atoms with Crippen LogP contribution in [-0.4, -0.2) is 73.3 Å². The number of likely N-dealkylation sites (N-methyl/N-ethyl adjacent to an activating group) is 1. The molecule has 0 saturated carbocycles. The first-order valence-electron chi connectivity index (χ1n) is 13.9. The molecule has 8 nitrogen and oxygen atoms in total. The average Bonchev–Trinajstić information content (AvgIpc) is 3.35. The van der Waals surface area contributed by atoms with Crippen molar-refractivity contribution in [1.29, 1.82) is 5.26 Å². The minimum absolute atomic E-state index is 0.148. The van der Waals surface area contributed by atoms with Crippen LogP contribution in [-0.2, 0) is 13.0 Å². The highest BCUT2D eigenvalue weighted by Gasteiger charge is 2.30. The van der Waals surface area contributed by atoms with Crippen LogP contribution in [0.3, 0.4) is 0 Å². The summed E-state index contributed by atoms with van der Waals surface area (Å²) in [6.07, 6.45) is 3.73. The maximum absolute atomic E-state index is 9.27. The molecule has 198 valence electrons. The van der Waals surface area contributed by atoms with Crippen LogP contribution in [0.2, 0.25) is 0 Å². The van der Waals surface area contributed by atoms with Gasteiger partial charge in [-0.2, -0.15) is 15.2 Å². The molecule has 1 N–H and O–H groups in total. The number of anilines is 2. The van der Waals surface area contributed by atoms with E-state index >= 15 is 0 Å². The lowest BCUT2D eigenvalue weighted by Crippen LogP contribution is -2.51. The van der Waals surface area contributed by atoms with Crippen molar-refractivity contribution >= 4 is 22.3 Å². The van der Waals surface area contributed by atoms with Crippen LogP contribution >= 0.6 is 0 Å². The standard InChI is InChI=1S/C30H37N7O/c1-21-8-9-22-5-3-7-28(26(22)17-21)36-15-11-25-27(19-36)33-30(38-20-24-6-4-14-35(24)2)34-29(25)37-16-13-32-23(18-37)10-12-31/h3,5,7-9,17,23-24,32H,4,6,10-11,13-16,18-20H2,1-2H3/t23-,24-/m0/s1. The van der Waals surface area contributed by atoms with Crippen molar-refractivity contribution in [2.45, 2.75) is 51.2 Å². The second-order valence-electron chi connectivity index (χ2n) is 11.0. The highest BCUT2D eigenvalue weighted by atomic mass is 16.5. The van der Waals surface area contributed by atoms with Gasteiger partial charge in [0.2, 0.25) is 0 Å². The third-order valence-electron chi connectivity index (χ3n) is 8.35. The Kier molecular flexibility index (Phi) is 7.05. The molecular weight excluding hydrogens is 474 g/mol. The largest absolute Gasteiger partial charge is 0.462 e. The van der Waals surface area contributed by atoms with Crippen LogP contribution in [0.1, 0.15) is 36.1 Å². The monoisotopic (exact) mass is 511 g/mol. The average molecular weight is 512 g/mol. The molecular formula is C30H37N7O. The van der Waals surface area contributed by atoms with E-state index in [9.17, 15) is 5.26 Å². The first-order chi connectivity index (χ1) is 18.6. The highest BCUT2D eigenvalue weighted by molar-refractivity contribution is 5.95. The van der Waals surface area contributed by atoms with Gasteiger partial charge in [0.05, 0.1) is 24.7 Å². The third-order valence-corrected chi connectivity index (χ3v) is 8.35. The van der Waals surface area contributed by atoms with Crippen molar-refractivity contribution in [2.75, 3.05) is 56.2 Å². The molecule has 2 aromatic carbocycles. The summed E-state index contributed by atoms with van der Waals surface area (Å²) in [6, 6.07) is 16.6. The summed E-state index contributed by atoms with van der Waals surface area (Å²) in [4.78, 5) is 17.1. The van der Waals surface area contributed by atoms with Gasteiger partial charge in [-0.1, -0.05) is 29.8 Å². The Labute approximate surface area is 225 Å². The van der Waals surface area contributed by atoms with Gasteiger partial charge in [0, 0.05) is 54.9 Å². The molecule has 1 aromatic heterocycles. The minimum Gasteiger partial charge on any atom is -0.462 e. The fraction of sp³-hybridized carbons (Fsp3) is 0.500. The summed E-state index contributed by atoms with van der Waals surface area (Å²) in [7, 11) is 2.17. The topological polar surface area (TPSA) is 80.6 Å². The van der Waals surface area contributed by atoms with Gasteiger partial charge in [-0.05, 0) is 57.3 Å². The van der Waals surface area contributed by atoms with E-state index in [0.29, 0.717) is 25.1 Å². The van der Waals surface area contributed by atoms with E-state index in [2.05, 4.69) is 76.5 Å². The number of nitriles is 1. The number of aryl methyl sites for hydroxylation is 1. The van der Waals surface area contributed by atoms with E-state index in [-0.39, 0.29) is 6.04 Å². The normalized spacial score (nSPS) is 21.9. The maximum Gasteiger partial charge on any atom is 0.318 e. The van der Waals surface area contributed by atoms with E-state index < -0.39 is 0 Å². The van der Waals surface area contributed by atoms with Crippen LogP contribution < -0.4 is 19.9 Å². The highest BCUT2D eigenvalue weighted by Crippen LogP contribution is 2.35. The number of nitrogens with zero attached hydrogens (tertiary/aromatic N) is 6. The molecule has 6 rings (SSSR count). The molecule has 2 atom stereocenters. The Bertz CT molecular complexity index is 1350. The quantitative estimate of drug-likeness (QED) is 0.537. The Morgan fingerprint density at radius 1 is 1.13 bits per heavy atom. The van der Waals surface area contributed by atoms with Crippen molar-refractivity contribution in [1.82, 2.24) is 20.2 Å². The zero-order chi connectivity index (χ0) is 26.1. The Morgan fingerprint density at radius 2 is 2.05 bits per heavy atom. The number of benzene rings is 2. The zero-order valence-electron chi connectivity index (χ0n) is 22.5. The van der Waals surface area contributed by atoms with Crippen LogP contribution in [0, 0.1) is 18.3 Å². The molecule has 2 saturated heterocycles. The molecule has 3 aromatic rings. The maximum atomic E-state index is 9.27. The number of hydrogen-bond acceptors (Lipinski definition) is 8. The van der Waals surface area contributed by atoms with Gasteiger partial charge in [-0.15, -0.1) is 0 Å². The molecule has 4 heterocycles. The Morgan fingerprint density at radius 3 is 2.89 bits per heavy atom. The van der Waals surface area contributed by atoms with Gasteiger partial charge in [0.25, 0.3) is 0 Å². The fourth-order valence-electron chi connectivity index (χ4n) is 6.19. The van der Waals surface area contributed by atoms with E-state index in [1.807, 2.05) is 0 Å². The first kappa shape index (κ1) is 24.9. The molecule has 38 heavy (non-hydrogen) atoms. The number of aromatic nitrogens is 2. The molecule has 0 amide bonds. The summed E-state index contributed by atoms with van der Waals surface area (Å²) in [6.45, 7) is 8.00. The van der Waals surface area contributed by atoms with Gasteiger partial charge >= 0.3 is 6.01 Å². The van der Waals surface area contributed by atoms with Gasteiger partial charge in [-0.3, -0.25) is 0 Å². The van der Waals surface area contributed by atoms with Gasteiger partial charge in [-0.25, -0.2) is 0 Å². The number of ether oxygens (including phenoxy) is 1. The Hall–Kier alpha value is -3.41. The number of likely N-dealkylation sites (tertiary alicyclic amines) is 1. The number of nitrogens with one attached hydrogen (secondary N) is 1. The summed E-state index contributed by atoms with van der Waals surface area (Å²) in [5.41, 5.74) is 4.80. The summed E-state index contributed by atoms with van der Waals surface area (Å²) < 4.78 is 6.28. The van der Waals surface area contributed by atoms with E-state index in [1.54, 1.807) is 0 Å². The number of rotatable bonds is 6. The lowest BCUT2D eigenvalue weighted by Gasteiger charge is -2.37. The van der Waals surface area contributed by atoms with Crippen molar-refractivity contribution < 1.29 is 4.74 Å². The number of fused-ring (bicyclic) bond motifs is 2. The summed E-state index contributed by atoms with van der Waals surface area (Å²) >= 11 is 0. The Balaban J connectivity index is 1.33. The van der Waals surface area contributed by atoms with Crippen molar-refractivity contribution in [3.8, 4) is 12.1 Å². The van der Waals surface area contributed by atoms with Crippen molar-refractivity contribution in [3.05, 3.63) is 53.2 Å². The summed E-state index contributed by atoms with van der Waals surface area (Å²) in [5.74, 6) is 0.989.